The quantitative estimate of drug-likeness (QED) is 0.0234. The van der Waals surface area contributed by atoms with Crippen LogP contribution in [0.25, 0.3) is 0 Å². The molecule has 0 heterocycles. The Hall–Kier alpha value is -2.56. The van der Waals surface area contributed by atoms with Crippen LogP contribution in [-0.4, -0.2) is 59.9 Å². The zero-order chi connectivity index (χ0) is 40.7. The van der Waals surface area contributed by atoms with Crippen LogP contribution in [0.3, 0.4) is 0 Å². The van der Waals surface area contributed by atoms with Gasteiger partial charge >= 0.3 is 25.7 Å². The van der Waals surface area contributed by atoms with E-state index in [0.29, 0.717) is 12.8 Å². The lowest BCUT2D eigenvalue weighted by atomic mass is 10.1. The third-order valence-corrected chi connectivity index (χ3v) is 9.76. The Balaban J connectivity index is 4.41. The molecule has 0 aromatic heterocycles. The minimum Gasteiger partial charge on any atom is -0.480 e. The lowest BCUT2D eigenvalue weighted by Gasteiger charge is -2.20. The van der Waals surface area contributed by atoms with Gasteiger partial charge in [-0.05, 0) is 70.6 Å². The summed E-state index contributed by atoms with van der Waals surface area (Å²) < 4.78 is 32.6. The number of hydrogen-bond donors (Lipinski definition) is 3. The zero-order valence-electron chi connectivity index (χ0n) is 34.3. The molecule has 0 amide bonds. The molecule has 0 bridgehead atoms. The van der Waals surface area contributed by atoms with Gasteiger partial charge in [-0.1, -0.05) is 140 Å². The number of unbranched alkanes of at least 4 members (excludes halogenated alkanes) is 17. The topological polar surface area (TPSA) is 172 Å². The summed E-state index contributed by atoms with van der Waals surface area (Å²) >= 11 is 0. The number of phosphoric ester groups is 1. The van der Waals surface area contributed by atoms with Gasteiger partial charge in [-0.2, -0.15) is 0 Å². The summed E-state index contributed by atoms with van der Waals surface area (Å²) in [6.07, 6.45) is 41.7. The van der Waals surface area contributed by atoms with Crippen molar-refractivity contribution in [3.8, 4) is 0 Å². The fourth-order valence-electron chi connectivity index (χ4n) is 5.48. The molecule has 12 heteroatoms. The third kappa shape index (κ3) is 38.1. The molecule has 0 rings (SSSR count). The Labute approximate surface area is 333 Å². The molecule has 0 aliphatic carbocycles. The van der Waals surface area contributed by atoms with Crippen LogP contribution in [0.15, 0.2) is 48.6 Å². The number of hydrogen-bond acceptors (Lipinski definition) is 9. The summed E-state index contributed by atoms with van der Waals surface area (Å²) in [5.41, 5.74) is 5.33. The van der Waals surface area contributed by atoms with Gasteiger partial charge in [0.15, 0.2) is 6.10 Å². The van der Waals surface area contributed by atoms with E-state index < -0.39 is 51.1 Å². The van der Waals surface area contributed by atoms with E-state index in [1.165, 1.54) is 38.5 Å². The van der Waals surface area contributed by atoms with Gasteiger partial charge in [0, 0.05) is 12.8 Å². The van der Waals surface area contributed by atoms with E-state index in [9.17, 15) is 23.8 Å². The molecule has 3 unspecified atom stereocenters. The fraction of sp³-hybridized carbons (Fsp3) is 0.744. The molecule has 0 aliphatic heterocycles. The minimum absolute atomic E-state index is 0.147. The molecule has 0 fully saturated rings. The number of carboxylic acids is 1. The summed E-state index contributed by atoms with van der Waals surface area (Å²) in [7, 11) is -4.72. The summed E-state index contributed by atoms with van der Waals surface area (Å²) in [6, 6.07) is -1.52. The highest BCUT2D eigenvalue weighted by molar-refractivity contribution is 7.47. The van der Waals surface area contributed by atoms with E-state index in [4.69, 9.17) is 24.8 Å². The lowest BCUT2D eigenvalue weighted by molar-refractivity contribution is -0.161. The molecular weight excluding hydrogens is 721 g/mol. The van der Waals surface area contributed by atoms with Gasteiger partial charge in [-0.25, -0.2) is 4.57 Å². The summed E-state index contributed by atoms with van der Waals surface area (Å²) in [4.78, 5) is 45.9. The highest BCUT2D eigenvalue weighted by atomic mass is 31.2. The number of carboxylic acid groups (broad SMARTS) is 1. The molecule has 318 valence electrons. The molecule has 0 saturated carbocycles. The molecule has 0 aliphatic rings. The highest BCUT2D eigenvalue weighted by Crippen LogP contribution is 2.43. The monoisotopic (exact) mass is 798 g/mol. The minimum atomic E-state index is -4.72. The van der Waals surface area contributed by atoms with Crippen molar-refractivity contribution >= 4 is 25.7 Å². The zero-order valence-corrected chi connectivity index (χ0v) is 35.2. The number of carbonyl (C=O) groups is 3. The molecular formula is C43H76NO10P. The second-order valence-electron chi connectivity index (χ2n) is 14.1. The fourth-order valence-corrected chi connectivity index (χ4v) is 6.26. The van der Waals surface area contributed by atoms with Crippen molar-refractivity contribution in [2.75, 3.05) is 19.8 Å². The predicted molar refractivity (Wildman–Crippen MR) is 222 cm³/mol. The number of aliphatic carboxylic acids is 1. The smallest absolute Gasteiger partial charge is 0.472 e. The average molecular weight is 798 g/mol. The summed E-state index contributed by atoms with van der Waals surface area (Å²) in [6.45, 7) is 2.66. The molecule has 11 nitrogen and oxygen atoms in total. The van der Waals surface area contributed by atoms with Crippen LogP contribution in [0, 0.1) is 0 Å². The Morgan fingerprint density at radius 1 is 0.582 bits per heavy atom. The first-order valence-corrected chi connectivity index (χ1v) is 22.7. The second kappa shape index (κ2) is 38.3. The van der Waals surface area contributed by atoms with Crippen molar-refractivity contribution in [2.24, 2.45) is 5.73 Å². The maximum atomic E-state index is 12.6. The number of esters is 2. The molecule has 4 N–H and O–H groups in total. The Morgan fingerprint density at radius 3 is 1.55 bits per heavy atom. The molecule has 0 saturated heterocycles. The molecule has 3 atom stereocenters. The van der Waals surface area contributed by atoms with Gasteiger partial charge in [0.2, 0.25) is 0 Å². The number of phosphoric acid groups is 1. The van der Waals surface area contributed by atoms with Crippen LogP contribution in [0.1, 0.15) is 174 Å². The van der Waals surface area contributed by atoms with Crippen molar-refractivity contribution in [3.63, 3.8) is 0 Å². The van der Waals surface area contributed by atoms with Gasteiger partial charge in [0.25, 0.3) is 0 Å². The van der Waals surface area contributed by atoms with Crippen LogP contribution in [0.5, 0.6) is 0 Å². The second-order valence-corrected chi connectivity index (χ2v) is 15.5. The predicted octanol–water partition coefficient (Wildman–Crippen LogP) is 11.0. The van der Waals surface area contributed by atoms with Gasteiger partial charge in [0.05, 0.1) is 13.2 Å². The first kappa shape index (κ1) is 52.4. The van der Waals surface area contributed by atoms with Crippen molar-refractivity contribution in [2.45, 2.75) is 187 Å². The number of allylic oxidation sites excluding steroid dienone is 8. The van der Waals surface area contributed by atoms with E-state index in [1.54, 1.807) is 0 Å². The maximum absolute atomic E-state index is 12.6. The van der Waals surface area contributed by atoms with Gasteiger partial charge in [0.1, 0.15) is 12.6 Å². The number of ether oxygens (including phenoxy) is 2. The lowest BCUT2D eigenvalue weighted by Crippen LogP contribution is -2.34. The molecule has 0 aromatic rings. The first-order chi connectivity index (χ1) is 26.6. The normalized spacial score (nSPS) is 14.3. The molecule has 55 heavy (non-hydrogen) atoms. The van der Waals surface area contributed by atoms with E-state index >= 15 is 0 Å². The third-order valence-electron chi connectivity index (χ3n) is 8.81. The van der Waals surface area contributed by atoms with Crippen molar-refractivity contribution < 1.29 is 47.5 Å². The molecule has 0 radical (unpaired) electrons. The van der Waals surface area contributed by atoms with Crippen molar-refractivity contribution in [1.29, 1.82) is 0 Å². The van der Waals surface area contributed by atoms with Crippen molar-refractivity contribution in [1.82, 2.24) is 0 Å². The van der Waals surface area contributed by atoms with E-state index in [-0.39, 0.29) is 19.4 Å². The Morgan fingerprint density at radius 2 is 1.02 bits per heavy atom. The van der Waals surface area contributed by atoms with Crippen LogP contribution >= 0.6 is 7.82 Å². The largest absolute Gasteiger partial charge is 0.480 e. The van der Waals surface area contributed by atoms with Gasteiger partial charge in [-0.3, -0.25) is 23.4 Å². The average Bonchev–Trinajstić information content (AvgIpc) is 3.16. The first-order valence-electron chi connectivity index (χ1n) is 21.2. The summed E-state index contributed by atoms with van der Waals surface area (Å²) in [5.74, 6) is -2.40. The molecule has 0 aromatic carbocycles. The van der Waals surface area contributed by atoms with Gasteiger partial charge in [-0.15, -0.1) is 0 Å². The highest BCUT2D eigenvalue weighted by Gasteiger charge is 2.28. The standard InChI is InChI=1S/C43H76NO10P/c1-3-5-7-9-11-13-15-17-19-20-21-23-25-27-29-31-33-35-42(46)54-39(37-52-55(49,50)53-38-40(44)43(47)48)36-51-41(45)34-32-30-28-26-24-22-18-16-14-12-10-8-6-4-2/h5,7,11,13,16-19,39-40H,3-4,6,8-10,12,14-15,20-38,44H2,1-2H3,(H,47,48)(H,49,50)/b7-5-,13-11-,18-16-,19-17-. The van der Waals surface area contributed by atoms with Crippen LogP contribution in [0.4, 0.5) is 0 Å². The van der Waals surface area contributed by atoms with Crippen LogP contribution < -0.4 is 5.73 Å². The van der Waals surface area contributed by atoms with Crippen LogP contribution in [-0.2, 0) is 37.5 Å². The number of rotatable bonds is 39. The SMILES string of the molecule is CC/C=C\C/C=C\C/C=C\CCCCCCCCCC(=O)OC(COC(=O)CCCCCCC/C=C\CCCCCCC)COP(=O)(O)OCC(N)C(=O)O. The Kier molecular flexibility index (Phi) is 36.5. The number of nitrogens with two attached hydrogens (primary N) is 1. The van der Waals surface area contributed by atoms with Crippen molar-refractivity contribution in [3.05, 3.63) is 48.6 Å². The van der Waals surface area contributed by atoms with E-state index in [0.717, 1.165) is 96.3 Å². The summed E-state index contributed by atoms with van der Waals surface area (Å²) in [5, 5.41) is 8.88. The van der Waals surface area contributed by atoms with E-state index in [1.807, 2.05) is 0 Å². The Bertz CT molecular complexity index is 1120. The van der Waals surface area contributed by atoms with Gasteiger partial charge < -0.3 is 25.2 Å². The van der Waals surface area contributed by atoms with E-state index in [2.05, 4.69) is 67.0 Å². The van der Waals surface area contributed by atoms with Crippen LogP contribution in [0.2, 0.25) is 0 Å². The number of carbonyl (C=O) groups excluding carboxylic acids is 2. The molecule has 0 spiro atoms. The maximum Gasteiger partial charge on any atom is 0.472 e.